The summed E-state index contributed by atoms with van der Waals surface area (Å²) in [6, 6.07) is 6.77. The average molecular weight is 346 g/mol. The first-order valence-corrected chi connectivity index (χ1v) is 8.63. The van der Waals surface area contributed by atoms with Gasteiger partial charge in [0.05, 0.1) is 4.92 Å². The molecule has 0 radical (unpaired) electrons. The van der Waals surface area contributed by atoms with Gasteiger partial charge in [0.15, 0.2) is 0 Å². The highest BCUT2D eigenvalue weighted by Gasteiger charge is 2.24. The van der Waals surface area contributed by atoms with Gasteiger partial charge in [-0.2, -0.15) is 0 Å². The monoisotopic (exact) mass is 346 g/mol. The molecule has 1 aromatic carbocycles. The summed E-state index contributed by atoms with van der Waals surface area (Å²) in [5.41, 5.74) is 1.08. The Morgan fingerprint density at radius 2 is 2.17 bits per heavy atom. The van der Waals surface area contributed by atoms with Crippen molar-refractivity contribution in [3.8, 4) is 10.6 Å². The lowest BCUT2D eigenvalue weighted by Gasteiger charge is -2.31. The summed E-state index contributed by atoms with van der Waals surface area (Å²) in [5.74, 6) is -0.0718. The number of nitrogens with zero attached hydrogens (tertiary/aromatic N) is 3. The topological polar surface area (TPSA) is 88.4 Å². The van der Waals surface area contributed by atoms with Crippen LogP contribution in [0.25, 0.3) is 10.6 Å². The largest absolute Gasteiger partial charge is 0.337 e. The van der Waals surface area contributed by atoms with Crippen molar-refractivity contribution in [3.05, 3.63) is 45.5 Å². The first-order valence-electron chi connectivity index (χ1n) is 7.75. The molecule has 3 rings (SSSR count). The molecule has 1 amide bonds. The van der Waals surface area contributed by atoms with E-state index in [2.05, 4.69) is 10.3 Å². The fourth-order valence-electron chi connectivity index (χ4n) is 2.79. The number of carbonyl (C=O) groups excluding carboxylic acids is 1. The maximum absolute atomic E-state index is 12.6. The van der Waals surface area contributed by atoms with Gasteiger partial charge in [-0.25, -0.2) is 4.98 Å². The van der Waals surface area contributed by atoms with Crippen molar-refractivity contribution in [1.82, 2.24) is 15.2 Å². The van der Waals surface area contributed by atoms with Crippen LogP contribution in [0, 0.1) is 10.1 Å². The Balaban J connectivity index is 1.75. The second-order valence-corrected chi connectivity index (χ2v) is 6.56. The molecule has 1 aromatic heterocycles. The van der Waals surface area contributed by atoms with E-state index in [4.69, 9.17) is 0 Å². The highest BCUT2D eigenvalue weighted by atomic mass is 32.1. The van der Waals surface area contributed by atoms with Crippen LogP contribution in [-0.4, -0.2) is 46.9 Å². The van der Waals surface area contributed by atoms with Gasteiger partial charge in [-0.05, 0) is 19.9 Å². The number of hydrogen-bond donors (Lipinski definition) is 1. The van der Waals surface area contributed by atoms with E-state index >= 15 is 0 Å². The summed E-state index contributed by atoms with van der Waals surface area (Å²) in [6.45, 7) is 1.43. The lowest BCUT2D eigenvalue weighted by atomic mass is 10.1. The number of nitrogens with one attached hydrogen (secondary N) is 1. The molecular weight excluding hydrogens is 328 g/mol. The lowest BCUT2D eigenvalue weighted by molar-refractivity contribution is -0.384. The highest BCUT2D eigenvalue weighted by molar-refractivity contribution is 7.13. The smallest absolute Gasteiger partial charge is 0.273 e. The van der Waals surface area contributed by atoms with E-state index in [0.717, 1.165) is 12.8 Å². The van der Waals surface area contributed by atoms with Crippen LogP contribution < -0.4 is 5.32 Å². The minimum atomic E-state index is -0.435. The molecule has 126 valence electrons. The number of rotatable bonds is 4. The fourth-order valence-corrected chi connectivity index (χ4v) is 3.58. The quantitative estimate of drug-likeness (QED) is 0.679. The Kier molecular flexibility index (Phi) is 4.86. The third-order valence-electron chi connectivity index (χ3n) is 4.22. The van der Waals surface area contributed by atoms with Gasteiger partial charge in [-0.15, -0.1) is 11.3 Å². The number of aromatic nitrogens is 1. The van der Waals surface area contributed by atoms with Crippen LogP contribution in [0.15, 0.2) is 29.6 Å². The summed E-state index contributed by atoms with van der Waals surface area (Å²) in [5, 5.41) is 16.5. The number of thiazole rings is 1. The van der Waals surface area contributed by atoms with Gasteiger partial charge in [-0.1, -0.05) is 12.1 Å². The molecule has 7 nitrogen and oxygen atoms in total. The minimum absolute atomic E-state index is 0.0183. The van der Waals surface area contributed by atoms with E-state index in [1.165, 1.54) is 23.5 Å². The van der Waals surface area contributed by atoms with Crippen molar-refractivity contribution < 1.29 is 9.72 Å². The van der Waals surface area contributed by atoms with Crippen LogP contribution in [0.2, 0.25) is 0 Å². The molecule has 0 spiro atoms. The molecule has 1 aliphatic rings. The van der Waals surface area contributed by atoms with Crippen molar-refractivity contribution in [2.75, 3.05) is 20.1 Å². The molecule has 2 heterocycles. The highest BCUT2D eigenvalue weighted by Crippen LogP contribution is 2.27. The molecule has 8 heteroatoms. The number of likely N-dealkylation sites (tertiary alicyclic amines) is 1. The van der Waals surface area contributed by atoms with E-state index in [-0.39, 0.29) is 11.6 Å². The summed E-state index contributed by atoms with van der Waals surface area (Å²) in [4.78, 5) is 29.2. The Labute approximate surface area is 143 Å². The second kappa shape index (κ2) is 7.06. The zero-order valence-electron chi connectivity index (χ0n) is 13.3. The van der Waals surface area contributed by atoms with Gasteiger partial charge in [0.25, 0.3) is 11.6 Å². The van der Waals surface area contributed by atoms with E-state index in [1.807, 2.05) is 11.9 Å². The number of nitro benzene ring substituents is 1. The van der Waals surface area contributed by atoms with E-state index in [0.29, 0.717) is 35.4 Å². The molecule has 1 fully saturated rings. The van der Waals surface area contributed by atoms with Crippen LogP contribution in [0.4, 0.5) is 5.69 Å². The van der Waals surface area contributed by atoms with E-state index in [9.17, 15) is 14.9 Å². The van der Waals surface area contributed by atoms with Gasteiger partial charge >= 0.3 is 0 Å². The first-order chi connectivity index (χ1) is 11.6. The normalized spacial score (nSPS) is 15.5. The van der Waals surface area contributed by atoms with Gasteiger partial charge in [0, 0.05) is 42.2 Å². The molecule has 0 bridgehead atoms. The van der Waals surface area contributed by atoms with Crippen LogP contribution in [0.5, 0.6) is 0 Å². The Hall–Kier alpha value is -2.32. The van der Waals surface area contributed by atoms with Crippen molar-refractivity contribution in [3.63, 3.8) is 0 Å². The van der Waals surface area contributed by atoms with Gasteiger partial charge in [0.2, 0.25) is 0 Å². The average Bonchev–Trinajstić information content (AvgIpc) is 3.11. The molecule has 0 aliphatic carbocycles. The number of carbonyl (C=O) groups is 1. The Bertz CT molecular complexity index is 753. The Morgan fingerprint density at radius 3 is 2.83 bits per heavy atom. The first kappa shape index (κ1) is 16.5. The van der Waals surface area contributed by atoms with Crippen LogP contribution in [0.3, 0.4) is 0 Å². The number of non-ortho nitro benzene ring substituents is 1. The van der Waals surface area contributed by atoms with Crippen molar-refractivity contribution in [1.29, 1.82) is 0 Å². The molecule has 0 unspecified atom stereocenters. The van der Waals surface area contributed by atoms with E-state index < -0.39 is 4.92 Å². The Morgan fingerprint density at radius 1 is 1.42 bits per heavy atom. The summed E-state index contributed by atoms with van der Waals surface area (Å²) < 4.78 is 0. The number of benzene rings is 1. The summed E-state index contributed by atoms with van der Waals surface area (Å²) in [6.07, 6.45) is 1.87. The summed E-state index contributed by atoms with van der Waals surface area (Å²) in [7, 11) is 1.94. The van der Waals surface area contributed by atoms with Crippen molar-refractivity contribution in [2.24, 2.45) is 0 Å². The molecule has 1 N–H and O–H groups in total. The summed E-state index contributed by atoms with van der Waals surface area (Å²) >= 11 is 1.33. The fraction of sp³-hybridized carbons (Fsp3) is 0.375. The maximum Gasteiger partial charge on any atom is 0.273 e. The van der Waals surface area contributed by atoms with Gasteiger partial charge < -0.3 is 10.2 Å². The molecule has 0 atom stereocenters. The molecule has 1 aliphatic heterocycles. The molecule has 24 heavy (non-hydrogen) atoms. The number of amides is 1. The predicted molar refractivity (Wildman–Crippen MR) is 92.2 cm³/mol. The lowest BCUT2D eigenvalue weighted by Crippen LogP contribution is -2.44. The van der Waals surface area contributed by atoms with Crippen LogP contribution in [-0.2, 0) is 0 Å². The number of hydrogen-bond acceptors (Lipinski definition) is 6. The van der Waals surface area contributed by atoms with Gasteiger partial charge in [0.1, 0.15) is 10.7 Å². The second-order valence-electron chi connectivity index (χ2n) is 5.70. The van der Waals surface area contributed by atoms with Gasteiger partial charge in [-0.3, -0.25) is 14.9 Å². The maximum atomic E-state index is 12.6. The molecule has 2 aromatic rings. The van der Waals surface area contributed by atoms with Crippen LogP contribution in [0.1, 0.15) is 23.3 Å². The number of piperidine rings is 1. The number of nitro groups is 1. The molecular formula is C16H18N4O3S. The third kappa shape index (κ3) is 3.44. The van der Waals surface area contributed by atoms with Crippen LogP contribution >= 0.6 is 11.3 Å². The zero-order chi connectivity index (χ0) is 17.1. The predicted octanol–water partition coefficient (Wildman–Crippen LogP) is 2.54. The van der Waals surface area contributed by atoms with Crippen molar-refractivity contribution >= 4 is 22.9 Å². The molecule has 0 saturated carbocycles. The van der Waals surface area contributed by atoms with E-state index in [1.54, 1.807) is 17.5 Å². The zero-order valence-corrected chi connectivity index (χ0v) is 14.1. The minimum Gasteiger partial charge on any atom is -0.337 e. The third-order valence-corrected chi connectivity index (χ3v) is 5.11. The molecule has 1 saturated heterocycles. The van der Waals surface area contributed by atoms with Crippen molar-refractivity contribution in [2.45, 2.75) is 18.9 Å². The SMILES string of the molecule is CNC1CCN(C(=O)c2csc(-c3cccc([N+](=O)[O-])c3)n2)CC1. The standard InChI is InChI=1S/C16H18N4O3S/c1-17-12-5-7-19(8-6-12)16(21)14-10-24-15(18-14)11-3-2-4-13(9-11)20(22)23/h2-4,9-10,12,17H,5-8H2,1H3.